The number of benzene rings is 2. The number of hydrogen-bond acceptors (Lipinski definition) is 9. The van der Waals surface area contributed by atoms with Crippen molar-refractivity contribution in [3.63, 3.8) is 0 Å². The highest BCUT2D eigenvalue weighted by Crippen LogP contribution is 2.38. The second-order valence-electron chi connectivity index (χ2n) is 13.2. The maximum absolute atomic E-state index is 15.1. The highest BCUT2D eigenvalue weighted by atomic mass is 19.1. The van der Waals surface area contributed by atoms with Crippen molar-refractivity contribution in [1.29, 1.82) is 0 Å². The van der Waals surface area contributed by atoms with Gasteiger partial charge in [0.1, 0.15) is 12.1 Å². The van der Waals surface area contributed by atoms with Gasteiger partial charge in [0.05, 0.1) is 28.5 Å². The minimum absolute atomic E-state index is 0.155. The van der Waals surface area contributed by atoms with Gasteiger partial charge in [-0.15, -0.1) is 0 Å². The Balaban J connectivity index is 1.09. The van der Waals surface area contributed by atoms with Crippen LogP contribution in [0.2, 0.25) is 0 Å². The zero-order valence-electron chi connectivity index (χ0n) is 29.0. The lowest BCUT2D eigenvalue weighted by molar-refractivity contribution is 0.0904. The second-order valence-corrected chi connectivity index (χ2v) is 13.2. The van der Waals surface area contributed by atoms with E-state index < -0.39 is 0 Å². The van der Waals surface area contributed by atoms with E-state index in [9.17, 15) is 4.79 Å². The molecule has 2 aromatic carbocycles. The summed E-state index contributed by atoms with van der Waals surface area (Å²) in [7, 11) is 2.15. The Bertz CT molecular complexity index is 1960. The van der Waals surface area contributed by atoms with Crippen LogP contribution in [-0.2, 0) is 30.8 Å². The third-order valence-corrected chi connectivity index (χ3v) is 9.74. The molecule has 0 spiro atoms. The van der Waals surface area contributed by atoms with Crippen LogP contribution >= 0.6 is 0 Å². The molecule has 2 aliphatic heterocycles. The van der Waals surface area contributed by atoms with Crippen LogP contribution in [0.4, 0.5) is 10.1 Å². The Morgan fingerprint density at radius 1 is 1.02 bits per heavy atom. The van der Waals surface area contributed by atoms with Gasteiger partial charge in [-0.05, 0) is 68.1 Å². The van der Waals surface area contributed by atoms with E-state index in [1.54, 1.807) is 12.1 Å². The summed E-state index contributed by atoms with van der Waals surface area (Å²) in [6.07, 6.45) is 5.59. The van der Waals surface area contributed by atoms with Crippen LogP contribution in [0, 0.1) is 5.82 Å². The quantitative estimate of drug-likeness (QED) is 0.180. The number of carbonyl (C=O) groups excluding carboxylic acids is 1. The van der Waals surface area contributed by atoms with Crippen LogP contribution in [0.25, 0.3) is 33.6 Å². The number of nitrogens with zero attached hydrogens (tertiary/aromatic N) is 6. The minimum Gasteiger partial charge on any atom is -0.443 e. The number of rotatable bonds is 11. The van der Waals surface area contributed by atoms with Gasteiger partial charge in [-0.3, -0.25) is 9.69 Å². The highest BCUT2D eigenvalue weighted by molar-refractivity contribution is 5.99. The molecule has 0 atom stereocenters. The average molecular weight is 681 g/mol. The molecule has 2 fully saturated rings. The van der Waals surface area contributed by atoms with Gasteiger partial charge in [0.15, 0.2) is 11.3 Å². The van der Waals surface area contributed by atoms with Crippen molar-refractivity contribution < 1.29 is 18.3 Å². The van der Waals surface area contributed by atoms with Crippen molar-refractivity contribution in [2.24, 2.45) is 0 Å². The summed E-state index contributed by atoms with van der Waals surface area (Å²) in [6, 6.07) is 13.2. The first-order chi connectivity index (χ1) is 24.4. The molecular weight excluding hydrogens is 635 g/mol. The summed E-state index contributed by atoms with van der Waals surface area (Å²) in [5, 5.41) is 12.1. The lowest BCUT2D eigenvalue weighted by atomic mass is 10.00. The van der Waals surface area contributed by atoms with Crippen molar-refractivity contribution in [3.05, 3.63) is 83.3 Å². The number of anilines is 1. The first-order valence-electron chi connectivity index (χ1n) is 17.7. The summed E-state index contributed by atoms with van der Waals surface area (Å²) in [5.74, 6) is -0.365. The van der Waals surface area contributed by atoms with Crippen LogP contribution in [-0.4, -0.2) is 87.9 Å². The Labute approximate surface area is 291 Å². The van der Waals surface area contributed by atoms with Gasteiger partial charge in [0.25, 0.3) is 5.91 Å². The number of fused-ring (bicyclic) bond motifs is 1. The average Bonchev–Trinajstić information content (AvgIpc) is 3.80. The minimum atomic E-state index is -0.384. The normalized spacial score (nSPS) is 16.2. The number of piperazine rings is 1. The molecule has 2 N–H and O–H groups in total. The largest absolute Gasteiger partial charge is 0.443 e. The smallest absolute Gasteiger partial charge is 0.273 e. The molecular formula is C38H45FN8O3. The Hall–Kier alpha value is -4.65. The second kappa shape index (κ2) is 15.1. The fourth-order valence-electron chi connectivity index (χ4n) is 6.82. The summed E-state index contributed by atoms with van der Waals surface area (Å²) in [6.45, 7) is 11.3. The van der Waals surface area contributed by atoms with Gasteiger partial charge >= 0.3 is 0 Å². The Kier molecular flexibility index (Phi) is 10.2. The number of amides is 1. The predicted octanol–water partition coefficient (Wildman–Crippen LogP) is 5.74. The van der Waals surface area contributed by atoms with Gasteiger partial charge in [-0.2, -0.15) is 5.10 Å². The molecule has 0 unspecified atom stereocenters. The van der Waals surface area contributed by atoms with E-state index in [4.69, 9.17) is 14.1 Å². The molecule has 5 aromatic rings. The molecule has 2 aliphatic rings. The summed E-state index contributed by atoms with van der Waals surface area (Å²) in [5.41, 5.74) is 6.61. The van der Waals surface area contributed by atoms with Crippen LogP contribution in [0.3, 0.4) is 0 Å². The lowest BCUT2D eigenvalue weighted by Gasteiger charge is -2.32. The number of ether oxygens (including phenoxy) is 1. The number of aromatic nitrogens is 4. The van der Waals surface area contributed by atoms with Gasteiger partial charge in [-0.25, -0.2) is 19.0 Å². The third-order valence-electron chi connectivity index (χ3n) is 9.74. The SMILES string of the molecule is CCc1nc2c(cnn2CC)c(NC2CCOCC2)c1-c1nc(C(=O)NCc2ccc(F)c(-c3cccc(CN4CCN(C)CC4)c3)c2)co1. The number of likely N-dealkylation sites (N-methyl/N-ethyl adjacent to an activating group) is 1. The molecule has 262 valence electrons. The highest BCUT2D eigenvalue weighted by Gasteiger charge is 2.26. The van der Waals surface area contributed by atoms with Crippen LogP contribution in [0.1, 0.15) is 54.0 Å². The van der Waals surface area contributed by atoms with E-state index in [0.717, 1.165) is 90.2 Å². The standard InChI is InChI=1S/C38H45FN8O3/c1-4-32-34(35(42-28-11-17-49-18-12-28)30-22-41-47(5-2)36(30)43-32)38-44-33(24-50-38)37(48)40-21-25-9-10-31(39)29(20-25)27-8-6-7-26(19-27)23-46-15-13-45(3)14-16-46/h6-10,19-20,22,24,28H,4-5,11-18,21,23H2,1-3H3,(H,40,48)(H,42,43). The summed E-state index contributed by atoms with van der Waals surface area (Å²) in [4.78, 5) is 27.8. The lowest BCUT2D eigenvalue weighted by Crippen LogP contribution is -2.43. The van der Waals surface area contributed by atoms with Crippen LogP contribution in [0.5, 0.6) is 0 Å². The molecule has 5 heterocycles. The maximum atomic E-state index is 15.1. The molecule has 50 heavy (non-hydrogen) atoms. The third kappa shape index (κ3) is 7.28. The molecule has 0 saturated carbocycles. The van der Waals surface area contributed by atoms with Crippen molar-refractivity contribution >= 4 is 22.6 Å². The predicted molar refractivity (Wildman–Crippen MR) is 191 cm³/mol. The van der Waals surface area contributed by atoms with E-state index in [-0.39, 0.29) is 30.0 Å². The molecule has 0 radical (unpaired) electrons. The van der Waals surface area contributed by atoms with Gasteiger partial charge in [0.2, 0.25) is 5.89 Å². The van der Waals surface area contributed by atoms with Crippen molar-refractivity contribution in [1.82, 2.24) is 34.9 Å². The number of halogens is 1. The monoisotopic (exact) mass is 680 g/mol. The molecule has 0 bridgehead atoms. The fourth-order valence-corrected chi connectivity index (χ4v) is 6.82. The maximum Gasteiger partial charge on any atom is 0.273 e. The number of pyridine rings is 1. The van der Waals surface area contributed by atoms with Crippen LogP contribution < -0.4 is 10.6 Å². The van der Waals surface area contributed by atoms with E-state index in [1.807, 2.05) is 36.9 Å². The van der Waals surface area contributed by atoms with Crippen molar-refractivity contribution in [2.45, 2.75) is 58.8 Å². The van der Waals surface area contributed by atoms with E-state index >= 15 is 4.39 Å². The first kappa shape index (κ1) is 33.8. The van der Waals surface area contributed by atoms with E-state index in [2.05, 4.69) is 49.7 Å². The molecule has 12 heteroatoms. The zero-order chi connectivity index (χ0) is 34.6. The zero-order valence-corrected chi connectivity index (χ0v) is 29.0. The Morgan fingerprint density at radius 2 is 1.84 bits per heavy atom. The molecule has 2 saturated heterocycles. The van der Waals surface area contributed by atoms with Gasteiger partial charge < -0.3 is 24.7 Å². The topological polar surface area (TPSA) is 114 Å². The summed E-state index contributed by atoms with van der Waals surface area (Å²) >= 11 is 0. The van der Waals surface area contributed by atoms with Gasteiger partial charge in [0, 0.05) is 70.6 Å². The Morgan fingerprint density at radius 3 is 2.62 bits per heavy atom. The number of nitrogens with one attached hydrogen (secondary N) is 2. The summed E-state index contributed by atoms with van der Waals surface area (Å²) < 4.78 is 28.6. The molecule has 7 rings (SSSR count). The van der Waals surface area contributed by atoms with Crippen molar-refractivity contribution in [2.75, 3.05) is 51.8 Å². The number of oxazole rings is 1. The number of aryl methyl sites for hydroxylation is 2. The molecule has 11 nitrogen and oxygen atoms in total. The molecule has 0 aliphatic carbocycles. The van der Waals surface area contributed by atoms with E-state index in [1.165, 1.54) is 12.3 Å². The molecule has 3 aromatic heterocycles. The van der Waals surface area contributed by atoms with E-state index in [0.29, 0.717) is 37.6 Å². The fraction of sp³-hybridized carbons (Fsp3) is 0.421. The van der Waals surface area contributed by atoms with Crippen molar-refractivity contribution in [3.8, 4) is 22.6 Å². The number of carbonyl (C=O) groups is 1. The van der Waals surface area contributed by atoms with Gasteiger partial charge in [-0.1, -0.05) is 31.2 Å². The molecule has 1 amide bonds. The number of hydrogen-bond donors (Lipinski definition) is 2. The first-order valence-corrected chi connectivity index (χ1v) is 17.7. The van der Waals surface area contributed by atoms with Crippen LogP contribution in [0.15, 0.2) is 59.3 Å².